The van der Waals surface area contributed by atoms with Crippen LogP contribution in [0, 0.1) is 17.1 Å². The van der Waals surface area contributed by atoms with E-state index in [0.717, 1.165) is 16.3 Å². The molecule has 0 radical (unpaired) electrons. The summed E-state index contributed by atoms with van der Waals surface area (Å²) in [6, 6.07) is 10.3. The molecule has 0 aliphatic rings. The van der Waals surface area contributed by atoms with Crippen molar-refractivity contribution < 1.29 is 4.39 Å². The Balaban J connectivity index is 2.83. The van der Waals surface area contributed by atoms with Gasteiger partial charge in [0.05, 0.1) is 11.6 Å². The van der Waals surface area contributed by atoms with Crippen LogP contribution in [0.1, 0.15) is 22.9 Å². The standard InChI is InChI=1S/C13H9BrFN/c1-8(14)13-5-9(7-16)4-10-6-11(15)2-3-12(10)13/h2-6,8H,1H3. The summed E-state index contributed by atoms with van der Waals surface area (Å²) in [6.45, 7) is 1.99. The summed E-state index contributed by atoms with van der Waals surface area (Å²) in [7, 11) is 0. The highest BCUT2D eigenvalue weighted by Crippen LogP contribution is 2.31. The number of rotatable bonds is 1. The van der Waals surface area contributed by atoms with Gasteiger partial charge in [-0.3, -0.25) is 0 Å². The van der Waals surface area contributed by atoms with Crippen LogP contribution >= 0.6 is 15.9 Å². The Kier molecular flexibility index (Phi) is 2.93. The van der Waals surface area contributed by atoms with Gasteiger partial charge < -0.3 is 0 Å². The van der Waals surface area contributed by atoms with E-state index in [0.29, 0.717) is 5.56 Å². The lowest BCUT2D eigenvalue weighted by Crippen LogP contribution is -1.90. The number of nitriles is 1. The van der Waals surface area contributed by atoms with Crippen molar-refractivity contribution in [2.45, 2.75) is 11.8 Å². The zero-order chi connectivity index (χ0) is 11.7. The molecule has 80 valence electrons. The van der Waals surface area contributed by atoms with E-state index in [-0.39, 0.29) is 10.6 Å². The van der Waals surface area contributed by atoms with Crippen molar-refractivity contribution in [2.75, 3.05) is 0 Å². The maximum Gasteiger partial charge on any atom is 0.123 e. The molecule has 0 aromatic heterocycles. The zero-order valence-corrected chi connectivity index (χ0v) is 10.3. The van der Waals surface area contributed by atoms with Crippen LogP contribution in [0.3, 0.4) is 0 Å². The molecule has 1 nitrogen and oxygen atoms in total. The van der Waals surface area contributed by atoms with Gasteiger partial charge >= 0.3 is 0 Å². The lowest BCUT2D eigenvalue weighted by Gasteiger charge is -2.09. The molecule has 0 bridgehead atoms. The molecule has 0 saturated carbocycles. The van der Waals surface area contributed by atoms with Crippen LogP contribution < -0.4 is 0 Å². The number of fused-ring (bicyclic) bond motifs is 1. The van der Waals surface area contributed by atoms with Crippen LogP contribution in [0.5, 0.6) is 0 Å². The van der Waals surface area contributed by atoms with Gasteiger partial charge in [-0.2, -0.15) is 5.26 Å². The van der Waals surface area contributed by atoms with E-state index in [1.807, 2.05) is 13.0 Å². The molecule has 0 fully saturated rings. The third kappa shape index (κ3) is 1.94. The van der Waals surface area contributed by atoms with Gasteiger partial charge in [0.2, 0.25) is 0 Å². The Morgan fingerprint density at radius 1 is 1.31 bits per heavy atom. The van der Waals surface area contributed by atoms with Crippen molar-refractivity contribution in [1.82, 2.24) is 0 Å². The molecule has 16 heavy (non-hydrogen) atoms. The van der Waals surface area contributed by atoms with Gasteiger partial charge in [-0.25, -0.2) is 4.39 Å². The van der Waals surface area contributed by atoms with Gasteiger partial charge in [-0.05, 0) is 47.5 Å². The van der Waals surface area contributed by atoms with E-state index in [9.17, 15) is 4.39 Å². The Labute approximate surface area is 102 Å². The van der Waals surface area contributed by atoms with Crippen molar-refractivity contribution >= 4 is 26.7 Å². The zero-order valence-electron chi connectivity index (χ0n) is 8.67. The highest BCUT2D eigenvalue weighted by Gasteiger charge is 2.09. The highest BCUT2D eigenvalue weighted by atomic mass is 79.9. The van der Waals surface area contributed by atoms with Crippen molar-refractivity contribution in [3.05, 3.63) is 47.3 Å². The number of alkyl halides is 1. The molecule has 0 aliphatic carbocycles. The first-order chi connectivity index (χ1) is 7.61. The summed E-state index contributed by atoms with van der Waals surface area (Å²) in [5.74, 6) is -0.282. The topological polar surface area (TPSA) is 23.8 Å². The van der Waals surface area contributed by atoms with Crippen molar-refractivity contribution in [1.29, 1.82) is 5.26 Å². The highest BCUT2D eigenvalue weighted by molar-refractivity contribution is 9.09. The molecule has 2 aromatic carbocycles. The average molecular weight is 278 g/mol. The SMILES string of the molecule is CC(Br)c1cc(C#N)cc2cc(F)ccc12. The van der Waals surface area contributed by atoms with Crippen LogP contribution in [-0.4, -0.2) is 0 Å². The Morgan fingerprint density at radius 3 is 2.69 bits per heavy atom. The fourth-order valence-corrected chi connectivity index (χ4v) is 2.14. The first kappa shape index (κ1) is 11.1. The summed E-state index contributed by atoms with van der Waals surface area (Å²) in [5, 5.41) is 10.7. The molecule has 0 spiro atoms. The first-order valence-electron chi connectivity index (χ1n) is 4.89. The molecular formula is C13H9BrFN. The minimum absolute atomic E-state index is 0.133. The van der Waals surface area contributed by atoms with Crippen LogP contribution in [0.4, 0.5) is 4.39 Å². The molecule has 0 N–H and O–H groups in total. The Bertz CT molecular complexity index is 584. The quantitative estimate of drug-likeness (QED) is 0.713. The second kappa shape index (κ2) is 4.23. The predicted molar refractivity (Wildman–Crippen MR) is 66.0 cm³/mol. The number of halogens is 2. The summed E-state index contributed by atoms with van der Waals surface area (Å²) in [6.07, 6.45) is 0. The van der Waals surface area contributed by atoms with E-state index in [4.69, 9.17) is 5.26 Å². The molecule has 3 heteroatoms. The minimum atomic E-state index is -0.282. The van der Waals surface area contributed by atoms with Crippen LogP contribution in [-0.2, 0) is 0 Å². The maximum atomic E-state index is 13.1. The molecule has 0 aliphatic heterocycles. The van der Waals surface area contributed by atoms with E-state index in [2.05, 4.69) is 22.0 Å². The number of hydrogen-bond acceptors (Lipinski definition) is 1. The second-order valence-corrected chi connectivity index (χ2v) is 5.03. The number of benzene rings is 2. The molecule has 2 aromatic rings. The lowest BCUT2D eigenvalue weighted by atomic mass is 9.99. The van der Waals surface area contributed by atoms with Crippen LogP contribution in [0.2, 0.25) is 0 Å². The monoisotopic (exact) mass is 277 g/mol. The van der Waals surface area contributed by atoms with E-state index in [1.165, 1.54) is 12.1 Å². The maximum absolute atomic E-state index is 13.1. The molecule has 2 rings (SSSR count). The van der Waals surface area contributed by atoms with Crippen LogP contribution in [0.25, 0.3) is 10.8 Å². The van der Waals surface area contributed by atoms with Gasteiger partial charge in [0, 0.05) is 4.83 Å². The molecule has 1 unspecified atom stereocenters. The van der Waals surface area contributed by atoms with Crippen molar-refractivity contribution in [3.8, 4) is 6.07 Å². The largest absolute Gasteiger partial charge is 0.207 e. The smallest absolute Gasteiger partial charge is 0.123 e. The van der Waals surface area contributed by atoms with Gasteiger partial charge in [-0.1, -0.05) is 22.0 Å². The Morgan fingerprint density at radius 2 is 2.06 bits per heavy atom. The van der Waals surface area contributed by atoms with E-state index < -0.39 is 0 Å². The third-order valence-corrected chi connectivity index (χ3v) is 3.00. The molecule has 0 saturated heterocycles. The van der Waals surface area contributed by atoms with Crippen molar-refractivity contribution in [3.63, 3.8) is 0 Å². The Hall–Kier alpha value is -1.40. The van der Waals surface area contributed by atoms with Gasteiger partial charge in [0.25, 0.3) is 0 Å². The summed E-state index contributed by atoms with van der Waals surface area (Å²) in [4.78, 5) is 0.133. The molecule has 1 atom stereocenters. The molecule has 0 amide bonds. The van der Waals surface area contributed by atoms with E-state index in [1.54, 1.807) is 12.1 Å². The fraction of sp³-hybridized carbons (Fsp3) is 0.154. The van der Waals surface area contributed by atoms with Gasteiger partial charge in [-0.15, -0.1) is 0 Å². The van der Waals surface area contributed by atoms with E-state index >= 15 is 0 Å². The first-order valence-corrected chi connectivity index (χ1v) is 5.81. The minimum Gasteiger partial charge on any atom is -0.207 e. The average Bonchev–Trinajstić information content (AvgIpc) is 2.26. The summed E-state index contributed by atoms with van der Waals surface area (Å²) in [5.41, 5.74) is 1.56. The predicted octanol–water partition coefficient (Wildman–Crippen LogP) is 4.31. The normalized spacial score (nSPS) is 12.4. The van der Waals surface area contributed by atoms with Crippen molar-refractivity contribution in [2.24, 2.45) is 0 Å². The van der Waals surface area contributed by atoms with Gasteiger partial charge in [0.15, 0.2) is 0 Å². The number of nitrogens with zero attached hydrogens (tertiary/aromatic N) is 1. The lowest BCUT2D eigenvalue weighted by molar-refractivity contribution is 0.629. The summed E-state index contributed by atoms with van der Waals surface area (Å²) < 4.78 is 13.1. The summed E-state index contributed by atoms with van der Waals surface area (Å²) >= 11 is 3.48. The number of hydrogen-bond donors (Lipinski definition) is 0. The fourth-order valence-electron chi connectivity index (χ4n) is 1.76. The third-order valence-electron chi connectivity index (χ3n) is 2.50. The van der Waals surface area contributed by atoms with Gasteiger partial charge in [0.1, 0.15) is 5.82 Å². The molecular weight excluding hydrogens is 269 g/mol. The molecule has 0 heterocycles. The van der Waals surface area contributed by atoms with Crippen LogP contribution in [0.15, 0.2) is 30.3 Å². The second-order valence-electron chi connectivity index (χ2n) is 3.66.